The standard InChI is InChI=1S/C39H44N12O4.ClH/c1-2-32-46-48-51(47-32)31-19-30(34(53)35(31)54)50-23-42-33-36(40-21-29(25-11-5-3-6-12-25)26-13-7-4-8-14-26)44-38(45-37(33)50)49-17-16-27(22-49)43-39(55)41-20-24-10-9-15-28(52)18-24;/h3-15,18,23,27,29-31,34-35,52-54H,2,16-17,19-22H2,1H3,(H,40,44,45)(H2,41,43,55);1H/t27-,30-,31+,34+,35-;/m1./s1. The van der Waals surface area contributed by atoms with Crippen LogP contribution >= 0.6 is 12.4 Å². The molecule has 0 radical (unpaired) electrons. The van der Waals surface area contributed by atoms with Gasteiger partial charge in [0, 0.05) is 44.6 Å². The molecule has 4 heterocycles. The summed E-state index contributed by atoms with van der Waals surface area (Å²) in [7, 11) is 0. The quantitative estimate of drug-likeness (QED) is 0.105. The summed E-state index contributed by atoms with van der Waals surface area (Å²) in [6.45, 7) is 3.79. The predicted octanol–water partition coefficient (Wildman–Crippen LogP) is 3.73. The Morgan fingerprint density at radius 3 is 2.38 bits per heavy atom. The van der Waals surface area contributed by atoms with Crippen molar-refractivity contribution in [1.29, 1.82) is 0 Å². The van der Waals surface area contributed by atoms with Gasteiger partial charge in [0.15, 0.2) is 22.8 Å². The Morgan fingerprint density at radius 1 is 0.946 bits per heavy atom. The highest BCUT2D eigenvalue weighted by Gasteiger charge is 2.45. The first-order valence-corrected chi connectivity index (χ1v) is 18.6. The number of fused-ring (bicyclic) bond motifs is 1. The first-order chi connectivity index (χ1) is 26.8. The number of imidazole rings is 1. The minimum absolute atomic E-state index is 0. The van der Waals surface area contributed by atoms with E-state index >= 15 is 0 Å². The van der Waals surface area contributed by atoms with Crippen molar-refractivity contribution in [3.63, 3.8) is 0 Å². The van der Waals surface area contributed by atoms with Gasteiger partial charge in [0.2, 0.25) is 5.95 Å². The van der Waals surface area contributed by atoms with E-state index in [-0.39, 0.29) is 42.7 Å². The third-order valence-electron chi connectivity index (χ3n) is 10.5. The fraction of sp³-hybridized carbons (Fsp3) is 0.359. The topological polar surface area (TPSA) is 204 Å². The normalized spacial score (nSPS) is 20.6. The molecular formula is C39H45ClN12O4. The number of carbonyl (C=O) groups excluding carboxylic acids is 1. The highest BCUT2D eigenvalue weighted by Crippen LogP contribution is 2.40. The second kappa shape index (κ2) is 16.9. The number of phenols is 1. The Kier molecular flexibility index (Phi) is 11.6. The van der Waals surface area contributed by atoms with E-state index in [4.69, 9.17) is 15.0 Å². The minimum atomic E-state index is -1.15. The van der Waals surface area contributed by atoms with Crippen LogP contribution in [0.25, 0.3) is 11.2 Å². The maximum atomic E-state index is 12.9. The number of aryl methyl sites for hydroxylation is 1. The monoisotopic (exact) mass is 780 g/mol. The fourth-order valence-corrected chi connectivity index (χ4v) is 7.58. The van der Waals surface area contributed by atoms with Crippen LogP contribution in [0.4, 0.5) is 16.6 Å². The summed E-state index contributed by atoms with van der Waals surface area (Å²) in [6.07, 6.45) is 0.956. The molecule has 1 aliphatic heterocycles. The summed E-state index contributed by atoms with van der Waals surface area (Å²) < 4.78 is 1.81. The molecule has 2 aliphatic rings. The van der Waals surface area contributed by atoms with Crippen molar-refractivity contribution in [2.75, 3.05) is 29.9 Å². The van der Waals surface area contributed by atoms with Gasteiger partial charge in [-0.15, -0.1) is 22.6 Å². The van der Waals surface area contributed by atoms with Crippen LogP contribution in [-0.4, -0.2) is 99.0 Å². The third-order valence-corrected chi connectivity index (χ3v) is 10.5. The number of aliphatic hydroxyl groups is 2. The molecule has 16 nitrogen and oxygen atoms in total. The average molecular weight is 781 g/mol. The van der Waals surface area contributed by atoms with Crippen molar-refractivity contribution in [2.24, 2.45) is 0 Å². The number of tetrazole rings is 1. The van der Waals surface area contributed by atoms with Crippen molar-refractivity contribution in [3.05, 3.63) is 114 Å². The molecule has 0 bridgehead atoms. The number of hydrogen-bond donors (Lipinski definition) is 6. The van der Waals surface area contributed by atoms with Crippen LogP contribution in [0.1, 0.15) is 60.3 Å². The van der Waals surface area contributed by atoms with Crippen LogP contribution in [-0.2, 0) is 13.0 Å². The number of phenolic OH excluding ortho intramolecular Hbond substituents is 1. The van der Waals surface area contributed by atoms with Gasteiger partial charge in [-0.2, -0.15) is 14.8 Å². The van der Waals surface area contributed by atoms with Crippen molar-refractivity contribution >= 4 is 41.4 Å². The van der Waals surface area contributed by atoms with E-state index < -0.39 is 24.3 Å². The molecule has 1 aliphatic carbocycles. The largest absolute Gasteiger partial charge is 0.508 e. The Balaban J connectivity index is 0.00000480. The van der Waals surface area contributed by atoms with Crippen LogP contribution < -0.4 is 20.9 Å². The summed E-state index contributed by atoms with van der Waals surface area (Å²) in [5.74, 6) is 1.69. The molecule has 1 saturated carbocycles. The number of aliphatic hydroxyl groups excluding tert-OH is 2. The molecule has 3 aromatic heterocycles. The van der Waals surface area contributed by atoms with Gasteiger partial charge in [-0.25, -0.2) is 9.78 Å². The molecule has 0 unspecified atom stereocenters. The second-order valence-electron chi connectivity index (χ2n) is 14.1. The van der Waals surface area contributed by atoms with E-state index in [0.717, 1.165) is 16.7 Å². The lowest BCUT2D eigenvalue weighted by Crippen LogP contribution is -2.43. The van der Waals surface area contributed by atoms with Crippen molar-refractivity contribution < 1.29 is 20.1 Å². The lowest BCUT2D eigenvalue weighted by molar-refractivity contribution is 0.00473. The molecule has 6 aromatic rings. The maximum Gasteiger partial charge on any atom is 0.315 e. The number of aromatic nitrogens is 8. The van der Waals surface area contributed by atoms with E-state index in [2.05, 4.69) is 55.6 Å². The van der Waals surface area contributed by atoms with Gasteiger partial charge >= 0.3 is 6.03 Å². The van der Waals surface area contributed by atoms with Crippen LogP contribution in [0.5, 0.6) is 5.75 Å². The number of nitrogens with zero attached hydrogens (tertiary/aromatic N) is 9. The zero-order valence-corrected chi connectivity index (χ0v) is 31.6. The molecule has 3 aromatic carbocycles. The Hall–Kier alpha value is -5.84. The van der Waals surface area contributed by atoms with Crippen molar-refractivity contribution in [3.8, 4) is 5.75 Å². The lowest BCUT2D eigenvalue weighted by Gasteiger charge is -2.22. The smallest absolute Gasteiger partial charge is 0.315 e. The number of halogens is 1. The maximum absolute atomic E-state index is 12.9. The number of benzene rings is 3. The Bertz CT molecular complexity index is 2200. The number of hydrogen-bond acceptors (Lipinski definition) is 12. The molecular weight excluding hydrogens is 736 g/mol. The van der Waals surface area contributed by atoms with Gasteiger partial charge in [-0.05, 0) is 46.9 Å². The number of nitrogens with one attached hydrogen (secondary N) is 3. The first kappa shape index (κ1) is 38.4. The molecule has 6 N–H and O–H groups in total. The first-order valence-electron chi connectivity index (χ1n) is 18.6. The summed E-state index contributed by atoms with van der Waals surface area (Å²) >= 11 is 0. The molecule has 5 atom stereocenters. The summed E-state index contributed by atoms with van der Waals surface area (Å²) in [5.41, 5.74) is 4.12. The Morgan fingerprint density at radius 2 is 1.68 bits per heavy atom. The highest BCUT2D eigenvalue weighted by atomic mass is 35.5. The lowest BCUT2D eigenvalue weighted by atomic mass is 9.91. The SMILES string of the molecule is CCc1nnn([C@H]2C[C@@H](n3cnc4c(NCC(c5ccccc5)c5ccccc5)nc(N5CC[C@@H](NC(=O)NCc6cccc(O)c6)C5)nc43)[C@H](O)[C@@H]2O)n1.Cl. The molecule has 0 spiro atoms. The van der Waals surface area contributed by atoms with Crippen LogP contribution in [0.2, 0.25) is 0 Å². The fourth-order valence-electron chi connectivity index (χ4n) is 7.58. The zero-order valence-electron chi connectivity index (χ0n) is 30.8. The molecule has 8 rings (SSSR count). The van der Waals surface area contributed by atoms with E-state index in [0.29, 0.717) is 67.7 Å². The van der Waals surface area contributed by atoms with E-state index in [1.807, 2.05) is 58.9 Å². The molecule has 2 fully saturated rings. The van der Waals surface area contributed by atoms with Gasteiger partial charge < -0.3 is 40.7 Å². The van der Waals surface area contributed by atoms with E-state index in [1.54, 1.807) is 24.5 Å². The van der Waals surface area contributed by atoms with Gasteiger partial charge in [-0.3, -0.25) is 0 Å². The van der Waals surface area contributed by atoms with Gasteiger partial charge in [0.05, 0.1) is 12.4 Å². The van der Waals surface area contributed by atoms with Gasteiger partial charge in [-0.1, -0.05) is 79.7 Å². The predicted molar refractivity (Wildman–Crippen MR) is 212 cm³/mol. The van der Waals surface area contributed by atoms with Gasteiger partial charge in [0.25, 0.3) is 0 Å². The minimum Gasteiger partial charge on any atom is -0.508 e. The third kappa shape index (κ3) is 8.08. The second-order valence-corrected chi connectivity index (χ2v) is 14.1. The van der Waals surface area contributed by atoms with Gasteiger partial charge in [0.1, 0.15) is 24.0 Å². The summed E-state index contributed by atoms with van der Waals surface area (Å²) in [4.78, 5) is 31.1. The van der Waals surface area contributed by atoms with Crippen molar-refractivity contribution in [1.82, 2.24) is 50.4 Å². The zero-order chi connectivity index (χ0) is 37.9. The molecule has 2 amide bonds. The van der Waals surface area contributed by atoms with Crippen LogP contribution in [0.3, 0.4) is 0 Å². The van der Waals surface area contributed by atoms with E-state index in [9.17, 15) is 20.1 Å². The number of amides is 2. The molecule has 56 heavy (non-hydrogen) atoms. The summed E-state index contributed by atoms with van der Waals surface area (Å²) in [6, 6.07) is 25.7. The number of rotatable bonds is 12. The summed E-state index contributed by atoms with van der Waals surface area (Å²) in [5, 5.41) is 54.5. The Labute approximate surface area is 329 Å². The van der Waals surface area contributed by atoms with E-state index in [1.165, 1.54) is 4.80 Å². The van der Waals surface area contributed by atoms with Crippen molar-refractivity contribution in [2.45, 2.75) is 69.0 Å². The average Bonchev–Trinajstić information content (AvgIpc) is 4.02. The number of aromatic hydroxyl groups is 1. The molecule has 17 heteroatoms. The van der Waals surface area contributed by atoms with Crippen LogP contribution in [0, 0.1) is 0 Å². The number of anilines is 2. The highest BCUT2D eigenvalue weighted by molar-refractivity contribution is 5.85. The molecule has 292 valence electrons. The number of urea groups is 1. The molecule has 1 saturated heterocycles. The van der Waals surface area contributed by atoms with Crippen LogP contribution in [0.15, 0.2) is 91.3 Å². The number of carbonyl (C=O) groups is 1.